The van der Waals surface area contributed by atoms with E-state index in [4.69, 9.17) is 0 Å². The smallest absolute Gasteiger partial charge is 0.259 e. The summed E-state index contributed by atoms with van der Waals surface area (Å²) in [5.41, 5.74) is 0.448. The van der Waals surface area contributed by atoms with Crippen molar-refractivity contribution in [3.05, 3.63) is 131 Å². The summed E-state index contributed by atoms with van der Waals surface area (Å²) in [5.74, 6) is 0. The molecule has 1 atom stereocenters. The summed E-state index contributed by atoms with van der Waals surface area (Å²) in [6, 6.07) is 23.7. The maximum Gasteiger partial charge on any atom is 0.416 e. The van der Waals surface area contributed by atoms with Gasteiger partial charge in [0.1, 0.15) is 5.54 Å². The van der Waals surface area contributed by atoms with Gasteiger partial charge in [-0.1, -0.05) is 67.6 Å². The van der Waals surface area contributed by atoms with Crippen LogP contribution in [0.3, 0.4) is 0 Å². The van der Waals surface area contributed by atoms with E-state index in [1.165, 1.54) is 24.3 Å². The third kappa shape index (κ3) is 5.92. The molecular weight excluding hydrogens is 497 g/mol. The van der Waals surface area contributed by atoms with Crippen LogP contribution >= 0.6 is 0 Å². The van der Waals surface area contributed by atoms with Gasteiger partial charge in [0.25, 0.3) is 0 Å². The number of aromatic nitrogens is 1. The number of nitrogens with one attached hydrogen (secondary N) is 1. The fourth-order valence-electron chi connectivity index (χ4n) is 4.26. The average Bonchev–Trinajstić information content (AvgIpc) is 2.89. The zero-order chi connectivity index (χ0) is 26.7. The summed E-state index contributed by atoms with van der Waals surface area (Å²) in [5, 5.41) is 0. The number of aryl methyl sites for hydroxylation is 2. The number of hydrogen-bond acceptors (Lipinski definition) is 3. The number of pyridine rings is 1. The summed E-state index contributed by atoms with van der Waals surface area (Å²) < 4.78 is 71.6. The van der Waals surface area contributed by atoms with E-state index in [0.717, 1.165) is 35.2 Å². The first-order valence-corrected chi connectivity index (χ1v) is 13.3. The molecule has 0 saturated carbocycles. The third-order valence-corrected chi connectivity index (χ3v) is 7.80. The molecule has 0 saturated heterocycles. The SMILES string of the molecule is CCc1ccc(S(=O)(=O)NC(Cc2ccccc2)(c2cccc(C(F)(F)F)c2)c2ccc(C)cn2)cc1. The molecular formula is C29H27F3N2O2S. The zero-order valence-electron chi connectivity index (χ0n) is 20.5. The van der Waals surface area contributed by atoms with Crippen LogP contribution in [0.25, 0.3) is 0 Å². The quantitative estimate of drug-likeness (QED) is 0.289. The average molecular weight is 525 g/mol. The minimum Gasteiger partial charge on any atom is -0.259 e. The van der Waals surface area contributed by atoms with Crippen LogP contribution in [-0.4, -0.2) is 13.4 Å². The summed E-state index contributed by atoms with van der Waals surface area (Å²) in [7, 11) is -4.19. The predicted octanol–water partition coefficient (Wildman–Crippen LogP) is 6.44. The van der Waals surface area contributed by atoms with E-state index < -0.39 is 27.3 Å². The molecule has 0 radical (unpaired) electrons. The van der Waals surface area contributed by atoms with E-state index in [1.807, 2.05) is 19.9 Å². The lowest BCUT2D eigenvalue weighted by molar-refractivity contribution is -0.137. The summed E-state index contributed by atoms with van der Waals surface area (Å²) in [6.45, 7) is 3.79. The van der Waals surface area contributed by atoms with E-state index in [1.54, 1.807) is 54.7 Å². The molecule has 37 heavy (non-hydrogen) atoms. The maximum atomic E-state index is 13.8. The Morgan fingerprint density at radius 1 is 0.811 bits per heavy atom. The first kappa shape index (κ1) is 26.6. The molecule has 8 heteroatoms. The van der Waals surface area contributed by atoms with E-state index in [0.29, 0.717) is 0 Å². The Balaban J connectivity index is 1.97. The lowest BCUT2D eigenvalue weighted by atomic mass is 9.81. The van der Waals surface area contributed by atoms with Gasteiger partial charge in [0.05, 0.1) is 16.2 Å². The van der Waals surface area contributed by atoms with E-state index >= 15 is 0 Å². The summed E-state index contributed by atoms with van der Waals surface area (Å²) in [6.07, 6.45) is -2.25. The van der Waals surface area contributed by atoms with Crippen LogP contribution in [-0.2, 0) is 34.6 Å². The molecule has 3 aromatic carbocycles. The van der Waals surface area contributed by atoms with Crippen molar-refractivity contribution < 1.29 is 21.6 Å². The highest BCUT2D eigenvalue weighted by molar-refractivity contribution is 7.89. The van der Waals surface area contributed by atoms with Crippen molar-refractivity contribution in [2.45, 2.75) is 43.3 Å². The molecule has 0 aliphatic heterocycles. The lowest BCUT2D eigenvalue weighted by Crippen LogP contribution is -2.49. The van der Waals surface area contributed by atoms with Gasteiger partial charge < -0.3 is 0 Å². The van der Waals surface area contributed by atoms with E-state index in [-0.39, 0.29) is 22.6 Å². The highest BCUT2D eigenvalue weighted by Crippen LogP contribution is 2.38. The number of rotatable bonds is 8. The standard InChI is InChI=1S/C29H27F3N2O2S/c1-3-22-13-15-26(16-14-22)37(35,36)34-28(19-23-8-5-4-6-9-23,27-17-12-21(2)20-33-27)24-10-7-11-25(18-24)29(30,31)32/h4-18,20,34H,3,19H2,1-2H3. The van der Waals surface area contributed by atoms with Crippen molar-refractivity contribution >= 4 is 10.0 Å². The molecule has 0 fully saturated rings. The predicted molar refractivity (Wildman–Crippen MR) is 137 cm³/mol. The maximum absolute atomic E-state index is 13.8. The van der Waals surface area contributed by atoms with Gasteiger partial charge >= 0.3 is 6.18 Å². The second-order valence-electron chi connectivity index (χ2n) is 8.97. The van der Waals surface area contributed by atoms with Crippen LogP contribution in [0.5, 0.6) is 0 Å². The number of sulfonamides is 1. The molecule has 0 aliphatic rings. The second kappa shape index (κ2) is 10.5. The van der Waals surface area contributed by atoms with Crippen LogP contribution in [0.15, 0.2) is 102 Å². The molecule has 1 heterocycles. The first-order valence-electron chi connectivity index (χ1n) is 11.8. The molecule has 0 aliphatic carbocycles. The molecule has 192 valence electrons. The normalized spacial score (nSPS) is 13.8. The fourth-order valence-corrected chi connectivity index (χ4v) is 5.63. The summed E-state index contributed by atoms with van der Waals surface area (Å²) in [4.78, 5) is 4.53. The Morgan fingerprint density at radius 2 is 1.49 bits per heavy atom. The van der Waals surface area contributed by atoms with Crippen molar-refractivity contribution in [3.8, 4) is 0 Å². The lowest BCUT2D eigenvalue weighted by Gasteiger charge is -2.35. The highest BCUT2D eigenvalue weighted by Gasteiger charge is 2.42. The van der Waals surface area contributed by atoms with Crippen molar-refractivity contribution in [3.63, 3.8) is 0 Å². The van der Waals surface area contributed by atoms with Gasteiger partial charge in [-0.25, -0.2) is 8.42 Å². The molecule has 4 aromatic rings. The second-order valence-corrected chi connectivity index (χ2v) is 10.7. The molecule has 4 nitrogen and oxygen atoms in total. The Bertz CT molecular complexity index is 1450. The van der Waals surface area contributed by atoms with Crippen molar-refractivity contribution in [2.75, 3.05) is 0 Å². The Hall–Kier alpha value is -3.49. The number of alkyl halides is 3. The first-order chi connectivity index (χ1) is 17.5. The van der Waals surface area contributed by atoms with Crippen LogP contribution in [0.2, 0.25) is 0 Å². The summed E-state index contributed by atoms with van der Waals surface area (Å²) >= 11 is 0. The number of nitrogens with zero attached hydrogens (tertiary/aromatic N) is 1. The van der Waals surface area contributed by atoms with Crippen molar-refractivity contribution in [2.24, 2.45) is 0 Å². The number of halogens is 3. The number of hydrogen-bond donors (Lipinski definition) is 1. The molecule has 1 aromatic heterocycles. The van der Waals surface area contributed by atoms with Crippen molar-refractivity contribution in [1.82, 2.24) is 9.71 Å². The topological polar surface area (TPSA) is 59.1 Å². The van der Waals surface area contributed by atoms with Crippen LogP contribution in [0.4, 0.5) is 13.2 Å². The van der Waals surface area contributed by atoms with Gasteiger partial charge in [-0.15, -0.1) is 0 Å². The van der Waals surface area contributed by atoms with Gasteiger partial charge in [-0.2, -0.15) is 17.9 Å². The Morgan fingerprint density at radius 3 is 2.08 bits per heavy atom. The molecule has 0 amide bonds. The largest absolute Gasteiger partial charge is 0.416 e. The van der Waals surface area contributed by atoms with Crippen LogP contribution in [0.1, 0.15) is 40.4 Å². The van der Waals surface area contributed by atoms with Gasteiger partial charge in [0.2, 0.25) is 10.0 Å². The molecule has 4 rings (SSSR count). The fraction of sp³-hybridized carbons (Fsp3) is 0.207. The Labute approximate surface area is 215 Å². The Kier molecular flexibility index (Phi) is 7.52. The van der Waals surface area contributed by atoms with Crippen LogP contribution in [0, 0.1) is 6.92 Å². The van der Waals surface area contributed by atoms with Gasteiger partial charge in [-0.3, -0.25) is 4.98 Å². The van der Waals surface area contributed by atoms with Crippen molar-refractivity contribution in [1.29, 1.82) is 0 Å². The highest BCUT2D eigenvalue weighted by atomic mass is 32.2. The molecule has 0 spiro atoms. The van der Waals surface area contributed by atoms with Crippen LogP contribution < -0.4 is 4.72 Å². The van der Waals surface area contributed by atoms with Gasteiger partial charge in [0.15, 0.2) is 0 Å². The van der Waals surface area contributed by atoms with E-state index in [2.05, 4.69) is 9.71 Å². The minimum absolute atomic E-state index is 0.0150. The number of benzene rings is 3. The zero-order valence-corrected chi connectivity index (χ0v) is 21.3. The molecule has 0 bridgehead atoms. The van der Waals surface area contributed by atoms with E-state index in [9.17, 15) is 21.6 Å². The van der Waals surface area contributed by atoms with Gasteiger partial charge in [0, 0.05) is 12.6 Å². The monoisotopic (exact) mass is 524 g/mol. The molecule has 1 unspecified atom stereocenters. The third-order valence-electron chi connectivity index (χ3n) is 6.29. The van der Waals surface area contributed by atoms with Gasteiger partial charge in [-0.05, 0) is 65.9 Å². The minimum atomic E-state index is -4.61. The molecule has 1 N–H and O–H groups in total.